The summed E-state index contributed by atoms with van der Waals surface area (Å²) >= 11 is 1.24. The zero-order chi connectivity index (χ0) is 21.5. The van der Waals surface area contributed by atoms with Gasteiger partial charge < -0.3 is 10.2 Å². The molecule has 158 valence electrons. The van der Waals surface area contributed by atoms with E-state index < -0.39 is 17.8 Å². The van der Waals surface area contributed by atoms with Crippen LogP contribution in [0.5, 0.6) is 0 Å². The molecule has 0 bridgehead atoms. The van der Waals surface area contributed by atoms with Gasteiger partial charge in [-0.3, -0.25) is 9.59 Å². The third-order valence-electron chi connectivity index (χ3n) is 4.91. The van der Waals surface area contributed by atoms with Gasteiger partial charge in [-0.2, -0.15) is 17.7 Å². The largest absolute Gasteiger partial charge is 0.416 e. The number of carbonyl (C=O) groups excluding carboxylic acids is 1. The fourth-order valence-electron chi connectivity index (χ4n) is 3.41. The van der Waals surface area contributed by atoms with Gasteiger partial charge in [-0.25, -0.2) is 4.98 Å². The number of alkyl halides is 3. The summed E-state index contributed by atoms with van der Waals surface area (Å²) < 4.78 is 39.2. The molecule has 1 atom stereocenters. The Labute approximate surface area is 173 Å². The number of anilines is 1. The van der Waals surface area contributed by atoms with Crippen molar-refractivity contribution in [3.8, 4) is 0 Å². The average Bonchev–Trinajstić information content (AvgIpc) is 3.32. The van der Waals surface area contributed by atoms with Gasteiger partial charge in [0.1, 0.15) is 6.04 Å². The maximum absolute atomic E-state index is 12.7. The van der Waals surface area contributed by atoms with Gasteiger partial charge in [0.05, 0.1) is 5.56 Å². The molecule has 4 rings (SSSR count). The highest BCUT2D eigenvalue weighted by molar-refractivity contribution is 7.20. The highest BCUT2D eigenvalue weighted by atomic mass is 32.1. The van der Waals surface area contributed by atoms with E-state index in [9.17, 15) is 22.8 Å². The van der Waals surface area contributed by atoms with Gasteiger partial charge in [0.15, 0.2) is 0 Å². The molecule has 0 unspecified atom stereocenters. The van der Waals surface area contributed by atoms with Crippen molar-refractivity contribution >= 4 is 27.3 Å². The average molecular weight is 437 g/mol. The number of aromatic nitrogens is 3. The third-order valence-corrected chi connectivity index (χ3v) is 5.86. The molecule has 1 aliphatic heterocycles. The summed E-state index contributed by atoms with van der Waals surface area (Å²) in [6, 6.07) is 5.63. The SMILES string of the molecule is Cc1cc(=O)n2nc(N3CCC[C@@H]3C(=O)NCc3ccc(C(F)(F)F)cc3)sc2n1. The van der Waals surface area contributed by atoms with Crippen molar-refractivity contribution in [2.75, 3.05) is 11.4 Å². The Morgan fingerprint density at radius 2 is 2.03 bits per heavy atom. The van der Waals surface area contributed by atoms with Crippen LogP contribution in [0.15, 0.2) is 35.1 Å². The van der Waals surface area contributed by atoms with E-state index in [0.717, 1.165) is 18.6 Å². The smallest absolute Gasteiger partial charge is 0.350 e. The molecule has 11 heteroatoms. The summed E-state index contributed by atoms with van der Waals surface area (Å²) in [7, 11) is 0. The number of hydrogen-bond donors (Lipinski definition) is 1. The Kier molecular flexibility index (Phi) is 5.22. The molecular formula is C19H18F3N5O2S. The second kappa shape index (κ2) is 7.71. The molecule has 30 heavy (non-hydrogen) atoms. The van der Waals surface area contributed by atoms with E-state index in [1.807, 2.05) is 4.90 Å². The minimum atomic E-state index is -4.39. The van der Waals surface area contributed by atoms with E-state index in [0.29, 0.717) is 34.3 Å². The lowest BCUT2D eigenvalue weighted by Crippen LogP contribution is -2.43. The minimum Gasteiger partial charge on any atom is -0.350 e. The Morgan fingerprint density at radius 3 is 2.73 bits per heavy atom. The van der Waals surface area contributed by atoms with Crippen LogP contribution >= 0.6 is 11.3 Å². The molecule has 3 heterocycles. The molecule has 0 aliphatic carbocycles. The quantitative estimate of drug-likeness (QED) is 0.679. The van der Waals surface area contributed by atoms with Crippen LogP contribution in [-0.4, -0.2) is 33.1 Å². The minimum absolute atomic E-state index is 0.126. The number of aryl methyl sites for hydroxylation is 1. The summed E-state index contributed by atoms with van der Waals surface area (Å²) in [5.41, 5.74) is 0.173. The van der Waals surface area contributed by atoms with Crippen molar-refractivity contribution in [1.29, 1.82) is 0 Å². The van der Waals surface area contributed by atoms with Crippen LogP contribution in [-0.2, 0) is 17.5 Å². The molecule has 0 radical (unpaired) electrons. The van der Waals surface area contributed by atoms with Gasteiger partial charge in [-0.1, -0.05) is 23.5 Å². The summed E-state index contributed by atoms with van der Waals surface area (Å²) in [5.74, 6) is -0.233. The zero-order valence-electron chi connectivity index (χ0n) is 15.9. The number of nitrogens with one attached hydrogen (secondary N) is 1. The Hall–Kier alpha value is -2.95. The zero-order valence-corrected chi connectivity index (χ0v) is 16.8. The van der Waals surface area contributed by atoms with E-state index in [2.05, 4.69) is 15.4 Å². The predicted octanol–water partition coefficient (Wildman–Crippen LogP) is 2.76. The van der Waals surface area contributed by atoms with Crippen molar-refractivity contribution < 1.29 is 18.0 Å². The van der Waals surface area contributed by atoms with Crippen LogP contribution < -0.4 is 15.8 Å². The number of nitrogens with zero attached hydrogens (tertiary/aromatic N) is 4. The monoisotopic (exact) mass is 437 g/mol. The van der Waals surface area contributed by atoms with Crippen LogP contribution in [0.1, 0.15) is 29.7 Å². The molecule has 2 aromatic heterocycles. The summed E-state index contributed by atoms with van der Waals surface area (Å²) in [6.07, 6.45) is -2.98. The van der Waals surface area contributed by atoms with Crippen molar-refractivity contribution in [2.45, 2.75) is 38.5 Å². The van der Waals surface area contributed by atoms with E-state index in [-0.39, 0.29) is 18.0 Å². The number of fused-ring (bicyclic) bond motifs is 1. The first-order valence-corrected chi connectivity index (χ1v) is 10.1. The van der Waals surface area contributed by atoms with Gasteiger partial charge in [0.2, 0.25) is 16.0 Å². The molecule has 1 N–H and O–H groups in total. The van der Waals surface area contributed by atoms with E-state index >= 15 is 0 Å². The highest BCUT2D eigenvalue weighted by Gasteiger charge is 2.33. The van der Waals surface area contributed by atoms with Gasteiger partial charge in [-0.05, 0) is 37.5 Å². The van der Waals surface area contributed by atoms with Gasteiger partial charge in [-0.15, -0.1) is 5.10 Å². The maximum atomic E-state index is 12.7. The van der Waals surface area contributed by atoms with Crippen LogP contribution in [0.2, 0.25) is 0 Å². The van der Waals surface area contributed by atoms with Gasteiger partial charge in [0.25, 0.3) is 5.56 Å². The fraction of sp³-hybridized carbons (Fsp3) is 0.368. The van der Waals surface area contributed by atoms with Crippen molar-refractivity contribution in [3.63, 3.8) is 0 Å². The first-order valence-electron chi connectivity index (χ1n) is 9.30. The number of hydrogen-bond acceptors (Lipinski definition) is 6. The fourth-order valence-corrected chi connectivity index (χ4v) is 4.44. The molecule has 1 aliphatic rings. The standard InChI is InChI=1S/C19H18F3N5O2S/c1-11-9-15(28)27-17(24-11)30-18(25-27)26-8-2-3-14(26)16(29)23-10-12-4-6-13(7-5-12)19(20,21)22/h4-7,9,14H,2-3,8,10H2,1H3,(H,23,29)/t14-/m1/s1. The van der Waals surface area contributed by atoms with E-state index in [4.69, 9.17) is 0 Å². The first-order chi connectivity index (χ1) is 14.2. The molecule has 3 aromatic rings. The molecule has 7 nitrogen and oxygen atoms in total. The first kappa shape index (κ1) is 20.3. The predicted molar refractivity (Wildman–Crippen MR) is 106 cm³/mol. The summed E-state index contributed by atoms with van der Waals surface area (Å²) in [5, 5.41) is 7.64. The molecule has 0 spiro atoms. The second-order valence-electron chi connectivity index (χ2n) is 7.08. The lowest BCUT2D eigenvalue weighted by molar-refractivity contribution is -0.137. The molecule has 1 amide bonds. The topological polar surface area (TPSA) is 79.6 Å². The number of benzene rings is 1. The molecule has 1 aromatic carbocycles. The number of carbonyl (C=O) groups is 1. The summed E-state index contributed by atoms with van der Waals surface area (Å²) in [6.45, 7) is 2.47. The number of rotatable bonds is 4. The van der Waals surface area contributed by atoms with Gasteiger partial charge >= 0.3 is 6.18 Å². The van der Waals surface area contributed by atoms with Crippen molar-refractivity contribution in [3.05, 3.63) is 57.5 Å². The maximum Gasteiger partial charge on any atom is 0.416 e. The van der Waals surface area contributed by atoms with E-state index in [1.54, 1.807) is 6.92 Å². The molecule has 0 saturated carbocycles. The highest BCUT2D eigenvalue weighted by Crippen LogP contribution is 2.30. The van der Waals surface area contributed by atoms with Crippen molar-refractivity contribution in [2.24, 2.45) is 0 Å². The van der Waals surface area contributed by atoms with Crippen LogP contribution in [0.4, 0.5) is 18.3 Å². The normalized spacial score (nSPS) is 16.9. The Morgan fingerprint density at radius 1 is 1.30 bits per heavy atom. The van der Waals surface area contributed by atoms with E-state index in [1.165, 1.54) is 34.1 Å². The number of halogens is 3. The Balaban J connectivity index is 1.46. The van der Waals surface area contributed by atoms with Crippen LogP contribution in [0.25, 0.3) is 4.96 Å². The second-order valence-corrected chi connectivity index (χ2v) is 8.01. The lowest BCUT2D eigenvalue weighted by Gasteiger charge is -2.22. The number of amides is 1. The summed E-state index contributed by atoms with van der Waals surface area (Å²) in [4.78, 5) is 31.4. The van der Waals surface area contributed by atoms with Gasteiger partial charge in [0, 0.05) is 24.8 Å². The van der Waals surface area contributed by atoms with Crippen LogP contribution in [0.3, 0.4) is 0 Å². The molecule has 1 saturated heterocycles. The molecular weight excluding hydrogens is 419 g/mol. The molecule has 1 fully saturated rings. The lowest BCUT2D eigenvalue weighted by atomic mass is 10.1. The Bertz CT molecular complexity index is 1140. The van der Waals surface area contributed by atoms with Crippen molar-refractivity contribution in [1.82, 2.24) is 19.9 Å². The third kappa shape index (κ3) is 4.02. The van der Waals surface area contributed by atoms with Crippen LogP contribution in [0, 0.1) is 6.92 Å².